The van der Waals surface area contributed by atoms with Crippen LogP contribution in [0.15, 0.2) is 48.5 Å². The van der Waals surface area contributed by atoms with Crippen LogP contribution in [-0.2, 0) is 0 Å². The van der Waals surface area contributed by atoms with Gasteiger partial charge in [-0.2, -0.15) is 10.4 Å². The number of aryl methyl sites for hydroxylation is 1. The molecule has 0 amide bonds. The molecule has 3 aromatic rings. The molecule has 0 bridgehead atoms. The Labute approximate surface area is 119 Å². The van der Waals surface area contributed by atoms with Crippen LogP contribution in [-0.4, -0.2) is 9.78 Å². The maximum Gasteiger partial charge on any atom is 0.0991 e. The predicted molar refractivity (Wildman–Crippen MR) is 81.9 cm³/mol. The van der Waals surface area contributed by atoms with Crippen molar-refractivity contribution in [1.29, 1.82) is 5.26 Å². The fraction of sp³-hybridized carbons (Fsp3) is 0.176. The summed E-state index contributed by atoms with van der Waals surface area (Å²) in [5, 5.41) is 14.5. The monoisotopic (exact) mass is 263 g/mol. The Kier molecular flexibility index (Phi) is 4.17. The van der Waals surface area contributed by atoms with E-state index in [-0.39, 0.29) is 0 Å². The van der Waals surface area contributed by atoms with Crippen LogP contribution in [0, 0.1) is 18.3 Å². The van der Waals surface area contributed by atoms with Crippen molar-refractivity contribution in [2.45, 2.75) is 20.8 Å². The lowest BCUT2D eigenvalue weighted by atomic mass is 10.2. The molecule has 3 rings (SSSR count). The standard InChI is InChI=1S/C15H11N3.C2H6/c1-11-14-4-2-3-5-15(14)18(17-11)13-8-6-12(10-16)7-9-13;1-2/h2-9H,1H3;1-2H3. The van der Waals surface area contributed by atoms with E-state index in [0.29, 0.717) is 5.56 Å². The molecule has 0 saturated carbocycles. The van der Waals surface area contributed by atoms with Crippen molar-refractivity contribution in [1.82, 2.24) is 9.78 Å². The molecular formula is C17H17N3. The van der Waals surface area contributed by atoms with Gasteiger partial charge in [0, 0.05) is 5.39 Å². The predicted octanol–water partition coefficient (Wildman–Crippen LogP) is 4.23. The zero-order valence-electron chi connectivity index (χ0n) is 12.0. The van der Waals surface area contributed by atoms with Crippen molar-refractivity contribution in [3.63, 3.8) is 0 Å². The summed E-state index contributed by atoms with van der Waals surface area (Å²) in [6.07, 6.45) is 0. The van der Waals surface area contributed by atoms with Crippen LogP contribution in [0.3, 0.4) is 0 Å². The fourth-order valence-electron chi connectivity index (χ4n) is 2.10. The maximum absolute atomic E-state index is 8.80. The van der Waals surface area contributed by atoms with E-state index in [1.807, 2.05) is 55.8 Å². The molecule has 0 fully saturated rings. The third kappa shape index (κ3) is 2.41. The van der Waals surface area contributed by atoms with Crippen molar-refractivity contribution in [3.05, 3.63) is 59.8 Å². The van der Waals surface area contributed by atoms with E-state index < -0.39 is 0 Å². The van der Waals surface area contributed by atoms with Crippen LogP contribution in [0.25, 0.3) is 16.6 Å². The number of hydrogen-bond acceptors (Lipinski definition) is 2. The van der Waals surface area contributed by atoms with Crippen molar-refractivity contribution >= 4 is 10.9 Å². The molecule has 100 valence electrons. The Balaban J connectivity index is 0.000000704. The normalized spacial score (nSPS) is 9.70. The third-order valence-electron chi connectivity index (χ3n) is 3.01. The summed E-state index contributed by atoms with van der Waals surface area (Å²) in [5.74, 6) is 0. The lowest BCUT2D eigenvalue weighted by Gasteiger charge is -2.02. The molecule has 3 heteroatoms. The third-order valence-corrected chi connectivity index (χ3v) is 3.01. The SMILES string of the molecule is CC.Cc1nn(-c2ccc(C#N)cc2)c2ccccc12. The highest BCUT2D eigenvalue weighted by atomic mass is 15.3. The molecule has 0 saturated heterocycles. The first-order chi connectivity index (χ1) is 9.79. The van der Waals surface area contributed by atoms with Gasteiger partial charge >= 0.3 is 0 Å². The number of nitrogens with zero attached hydrogens (tertiary/aromatic N) is 3. The molecule has 1 aromatic heterocycles. The second-order valence-corrected chi connectivity index (χ2v) is 4.17. The first-order valence-corrected chi connectivity index (χ1v) is 6.74. The van der Waals surface area contributed by atoms with Gasteiger partial charge in [0.05, 0.1) is 28.5 Å². The smallest absolute Gasteiger partial charge is 0.0991 e. The van der Waals surface area contributed by atoms with Gasteiger partial charge in [-0.25, -0.2) is 4.68 Å². The summed E-state index contributed by atoms with van der Waals surface area (Å²) in [4.78, 5) is 0. The molecule has 20 heavy (non-hydrogen) atoms. The van der Waals surface area contributed by atoms with Gasteiger partial charge in [0.2, 0.25) is 0 Å². The highest BCUT2D eigenvalue weighted by Gasteiger charge is 2.07. The summed E-state index contributed by atoms with van der Waals surface area (Å²) in [6.45, 7) is 6.00. The van der Waals surface area contributed by atoms with Gasteiger partial charge in [-0.3, -0.25) is 0 Å². The molecule has 2 aromatic carbocycles. The molecule has 3 nitrogen and oxygen atoms in total. The molecule has 1 heterocycles. The molecule has 0 unspecified atom stereocenters. The molecule has 0 atom stereocenters. The van der Waals surface area contributed by atoms with Crippen molar-refractivity contribution < 1.29 is 0 Å². The zero-order chi connectivity index (χ0) is 14.5. The number of para-hydroxylation sites is 1. The summed E-state index contributed by atoms with van der Waals surface area (Å²) in [5.41, 5.74) is 3.72. The Morgan fingerprint density at radius 3 is 2.30 bits per heavy atom. The Morgan fingerprint density at radius 2 is 1.65 bits per heavy atom. The van der Waals surface area contributed by atoms with E-state index in [1.54, 1.807) is 12.1 Å². The van der Waals surface area contributed by atoms with Gasteiger partial charge < -0.3 is 0 Å². The highest BCUT2D eigenvalue weighted by Crippen LogP contribution is 2.21. The van der Waals surface area contributed by atoms with Crippen LogP contribution >= 0.6 is 0 Å². The second-order valence-electron chi connectivity index (χ2n) is 4.17. The van der Waals surface area contributed by atoms with Crippen molar-refractivity contribution in [2.75, 3.05) is 0 Å². The van der Waals surface area contributed by atoms with E-state index in [4.69, 9.17) is 5.26 Å². The number of hydrogen-bond donors (Lipinski definition) is 0. The van der Waals surface area contributed by atoms with Crippen LogP contribution in [0.5, 0.6) is 0 Å². The zero-order valence-corrected chi connectivity index (χ0v) is 12.0. The summed E-state index contributed by atoms with van der Waals surface area (Å²) in [6, 6.07) is 17.7. The molecule has 0 spiro atoms. The minimum atomic E-state index is 0.659. The minimum Gasteiger partial charge on any atom is -0.233 e. The van der Waals surface area contributed by atoms with Gasteiger partial charge in [0.1, 0.15) is 0 Å². The number of benzene rings is 2. The average molecular weight is 263 g/mol. The average Bonchev–Trinajstić information content (AvgIpc) is 2.87. The van der Waals surface area contributed by atoms with E-state index in [2.05, 4.69) is 17.2 Å². The van der Waals surface area contributed by atoms with Gasteiger partial charge in [-0.15, -0.1) is 0 Å². The Bertz CT molecular complexity index is 746. The van der Waals surface area contributed by atoms with Crippen LogP contribution in [0.4, 0.5) is 0 Å². The van der Waals surface area contributed by atoms with Crippen LogP contribution in [0.1, 0.15) is 25.1 Å². The first kappa shape index (κ1) is 13.8. The van der Waals surface area contributed by atoms with Gasteiger partial charge in [0.25, 0.3) is 0 Å². The van der Waals surface area contributed by atoms with Crippen LogP contribution < -0.4 is 0 Å². The summed E-state index contributed by atoms with van der Waals surface area (Å²) < 4.78 is 1.91. The molecule has 0 aliphatic carbocycles. The van der Waals surface area contributed by atoms with Crippen molar-refractivity contribution in [2.24, 2.45) is 0 Å². The maximum atomic E-state index is 8.80. The largest absolute Gasteiger partial charge is 0.233 e. The minimum absolute atomic E-state index is 0.659. The quantitative estimate of drug-likeness (QED) is 0.659. The molecule has 0 radical (unpaired) electrons. The van der Waals surface area contributed by atoms with E-state index in [0.717, 1.165) is 22.3 Å². The topological polar surface area (TPSA) is 41.6 Å². The molecule has 0 aliphatic rings. The molecule has 0 aliphatic heterocycles. The highest BCUT2D eigenvalue weighted by molar-refractivity contribution is 5.83. The Hall–Kier alpha value is -2.60. The number of rotatable bonds is 1. The second kappa shape index (κ2) is 6.03. The van der Waals surface area contributed by atoms with E-state index >= 15 is 0 Å². The van der Waals surface area contributed by atoms with E-state index in [9.17, 15) is 0 Å². The number of nitriles is 1. The number of aromatic nitrogens is 2. The summed E-state index contributed by atoms with van der Waals surface area (Å²) >= 11 is 0. The summed E-state index contributed by atoms with van der Waals surface area (Å²) in [7, 11) is 0. The number of fused-ring (bicyclic) bond motifs is 1. The van der Waals surface area contributed by atoms with E-state index in [1.165, 1.54) is 0 Å². The fourth-order valence-corrected chi connectivity index (χ4v) is 2.10. The Morgan fingerprint density at radius 1 is 1.00 bits per heavy atom. The van der Waals surface area contributed by atoms with Gasteiger partial charge in [-0.1, -0.05) is 32.0 Å². The van der Waals surface area contributed by atoms with Gasteiger partial charge in [-0.05, 0) is 37.3 Å². The van der Waals surface area contributed by atoms with Gasteiger partial charge in [0.15, 0.2) is 0 Å². The molecular weight excluding hydrogens is 246 g/mol. The molecule has 0 N–H and O–H groups in total. The first-order valence-electron chi connectivity index (χ1n) is 6.74. The van der Waals surface area contributed by atoms with Crippen LogP contribution in [0.2, 0.25) is 0 Å². The lowest BCUT2D eigenvalue weighted by Crippen LogP contribution is -1.96. The van der Waals surface area contributed by atoms with Crippen molar-refractivity contribution in [3.8, 4) is 11.8 Å². The lowest BCUT2D eigenvalue weighted by molar-refractivity contribution is 0.889.